The fourth-order valence-electron chi connectivity index (χ4n) is 2.18. The fourth-order valence-corrected chi connectivity index (χ4v) is 2.18. The lowest BCUT2D eigenvalue weighted by molar-refractivity contribution is 0.0690. The molecule has 2 bridgehead atoms. The molecule has 2 aliphatic heterocycles. The van der Waals surface area contributed by atoms with Crippen LogP contribution in [-0.2, 0) is 0 Å². The average molecular weight is 176 g/mol. The van der Waals surface area contributed by atoms with Crippen molar-refractivity contribution < 1.29 is 9.47 Å². The molecule has 0 spiro atoms. The van der Waals surface area contributed by atoms with Crippen LogP contribution in [0, 0.1) is 0 Å². The highest BCUT2D eigenvalue weighted by atomic mass is 16.5. The summed E-state index contributed by atoms with van der Waals surface area (Å²) in [6.45, 7) is 0. The first-order valence-electron chi connectivity index (χ1n) is 4.71. The zero-order valence-corrected chi connectivity index (χ0v) is 7.62. The molecule has 0 N–H and O–H groups in total. The van der Waals surface area contributed by atoms with E-state index in [0.717, 1.165) is 17.4 Å². The summed E-state index contributed by atoms with van der Waals surface area (Å²) < 4.78 is 10.9. The van der Waals surface area contributed by atoms with Crippen LogP contribution in [0.3, 0.4) is 0 Å². The second kappa shape index (κ2) is 2.41. The van der Waals surface area contributed by atoms with Crippen molar-refractivity contribution in [1.29, 1.82) is 0 Å². The summed E-state index contributed by atoms with van der Waals surface area (Å²) in [5.41, 5.74) is 1.36. The molecule has 0 atom stereocenters. The number of hydrogen-bond donors (Lipinski definition) is 0. The minimum absolute atomic E-state index is 0.476. The zero-order chi connectivity index (χ0) is 8.84. The molecule has 4 rings (SSSR count). The summed E-state index contributed by atoms with van der Waals surface area (Å²) in [5.74, 6) is 2.67. The Morgan fingerprint density at radius 2 is 2.23 bits per heavy atom. The number of methoxy groups -OCH3 is 1. The molecular weight excluding hydrogens is 164 g/mol. The van der Waals surface area contributed by atoms with Crippen LogP contribution >= 0.6 is 0 Å². The van der Waals surface area contributed by atoms with Gasteiger partial charge in [-0.1, -0.05) is 6.07 Å². The molecule has 3 aliphatic rings. The summed E-state index contributed by atoms with van der Waals surface area (Å²) in [5, 5.41) is 0. The third kappa shape index (κ3) is 0.947. The Labute approximate surface area is 77.5 Å². The van der Waals surface area contributed by atoms with Crippen LogP contribution in [0.4, 0.5) is 0 Å². The highest BCUT2D eigenvalue weighted by Gasteiger charge is 2.38. The van der Waals surface area contributed by atoms with Gasteiger partial charge in [-0.15, -0.1) is 0 Å². The van der Waals surface area contributed by atoms with Gasteiger partial charge in [0.15, 0.2) is 0 Å². The molecule has 1 aliphatic carbocycles. The first-order chi connectivity index (χ1) is 6.36. The lowest BCUT2D eigenvalue weighted by Gasteiger charge is -2.42. The number of rotatable bonds is 1. The fraction of sp³-hybridized carbons (Fsp3) is 0.455. The number of hydrogen-bond acceptors (Lipinski definition) is 2. The molecule has 2 heteroatoms. The van der Waals surface area contributed by atoms with E-state index in [9.17, 15) is 0 Å². The Kier molecular flexibility index (Phi) is 1.34. The maximum absolute atomic E-state index is 5.76. The second-order valence-electron chi connectivity index (χ2n) is 3.81. The molecule has 1 aromatic rings. The molecule has 1 saturated carbocycles. The molecule has 0 aromatic heterocycles. The maximum atomic E-state index is 5.76. The van der Waals surface area contributed by atoms with E-state index in [-0.39, 0.29) is 0 Å². The van der Waals surface area contributed by atoms with E-state index < -0.39 is 0 Å². The summed E-state index contributed by atoms with van der Waals surface area (Å²) in [6.07, 6.45) is 2.89. The Balaban J connectivity index is 2.05. The van der Waals surface area contributed by atoms with Crippen molar-refractivity contribution in [1.82, 2.24) is 0 Å². The predicted octanol–water partition coefficient (Wildman–Crippen LogP) is 2.33. The quantitative estimate of drug-likeness (QED) is 0.653. The average Bonchev–Trinajstić information content (AvgIpc) is 2.14. The van der Waals surface area contributed by atoms with Crippen molar-refractivity contribution in [2.24, 2.45) is 0 Å². The minimum atomic E-state index is 0.476. The van der Waals surface area contributed by atoms with Crippen LogP contribution in [0.5, 0.6) is 11.5 Å². The third-order valence-electron chi connectivity index (χ3n) is 3.05. The van der Waals surface area contributed by atoms with Gasteiger partial charge in [0.05, 0.1) is 13.2 Å². The molecule has 68 valence electrons. The summed E-state index contributed by atoms with van der Waals surface area (Å²) in [4.78, 5) is 0. The number of ether oxygens (including phenoxy) is 2. The van der Waals surface area contributed by atoms with Crippen LogP contribution < -0.4 is 9.47 Å². The van der Waals surface area contributed by atoms with Gasteiger partial charge in [0.2, 0.25) is 0 Å². The van der Waals surface area contributed by atoms with Gasteiger partial charge in [-0.3, -0.25) is 0 Å². The smallest absolute Gasteiger partial charge is 0.126 e. The zero-order valence-electron chi connectivity index (χ0n) is 7.62. The summed E-state index contributed by atoms with van der Waals surface area (Å²) >= 11 is 0. The van der Waals surface area contributed by atoms with Crippen LogP contribution in [0.25, 0.3) is 0 Å². The van der Waals surface area contributed by atoms with E-state index in [1.165, 1.54) is 18.4 Å². The van der Waals surface area contributed by atoms with Gasteiger partial charge in [-0.05, 0) is 30.4 Å². The van der Waals surface area contributed by atoms with Crippen LogP contribution in [0.2, 0.25) is 0 Å². The topological polar surface area (TPSA) is 18.5 Å². The molecule has 1 aromatic carbocycles. The highest BCUT2D eigenvalue weighted by molar-refractivity contribution is 5.46. The molecule has 0 amide bonds. The first-order valence-corrected chi connectivity index (χ1v) is 4.71. The van der Waals surface area contributed by atoms with Crippen LogP contribution in [0.15, 0.2) is 18.2 Å². The Morgan fingerprint density at radius 1 is 1.38 bits per heavy atom. The van der Waals surface area contributed by atoms with Crippen molar-refractivity contribution in [3.63, 3.8) is 0 Å². The van der Waals surface area contributed by atoms with Crippen molar-refractivity contribution in [2.75, 3.05) is 7.11 Å². The van der Waals surface area contributed by atoms with Gasteiger partial charge in [0, 0.05) is 6.07 Å². The Morgan fingerprint density at radius 3 is 3.00 bits per heavy atom. The molecule has 2 nitrogen and oxygen atoms in total. The lowest BCUT2D eigenvalue weighted by atomic mass is 9.75. The van der Waals surface area contributed by atoms with Gasteiger partial charge in [0.1, 0.15) is 11.5 Å². The van der Waals surface area contributed by atoms with E-state index in [1.807, 2.05) is 12.1 Å². The molecule has 1 fully saturated rings. The van der Waals surface area contributed by atoms with Crippen molar-refractivity contribution >= 4 is 0 Å². The second-order valence-corrected chi connectivity index (χ2v) is 3.81. The van der Waals surface area contributed by atoms with E-state index in [4.69, 9.17) is 9.47 Å². The van der Waals surface area contributed by atoms with Gasteiger partial charge >= 0.3 is 0 Å². The standard InChI is InChI=1S/C11H12O2/c1-12-8-2-3-10-7-4-9(5-7)13-11(10)6-8/h2-3,6-7,9H,4-5H2,1H3. The molecule has 13 heavy (non-hydrogen) atoms. The summed E-state index contributed by atoms with van der Waals surface area (Å²) in [7, 11) is 1.69. The normalized spacial score (nSPS) is 28.4. The third-order valence-corrected chi connectivity index (χ3v) is 3.05. The van der Waals surface area contributed by atoms with Crippen molar-refractivity contribution in [3.8, 4) is 11.5 Å². The lowest BCUT2D eigenvalue weighted by Crippen LogP contribution is -2.37. The molecule has 0 saturated heterocycles. The van der Waals surface area contributed by atoms with Gasteiger partial charge < -0.3 is 9.47 Å². The van der Waals surface area contributed by atoms with Crippen molar-refractivity contribution in [3.05, 3.63) is 23.8 Å². The Hall–Kier alpha value is -1.18. The highest BCUT2D eigenvalue weighted by Crippen LogP contribution is 2.49. The monoisotopic (exact) mass is 176 g/mol. The number of benzene rings is 1. The summed E-state index contributed by atoms with van der Waals surface area (Å²) in [6, 6.07) is 6.14. The predicted molar refractivity (Wildman–Crippen MR) is 49.4 cm³/mol. The molecule has 2 heterocycles. The first kappa shape index (κ1) is 7.25. The van der Waals surface area contributed by atoms with Crippen molar-refractivity contribution in [2.45, 2.75) is 24.9 Å². The molecule has 0 radical (unpaired) electrons. The van der Waals surface area contributed by atoms with E-state index >= 15 is 0 Å². The largest absolute Gasteiger partial charge is 0.497 e. The maximum Gasteiger partial charge on any atom is 0.126 e. The SMILES string of the molecule is COc1ccc2c(c1)OC1CC2C1. The van der Waals surface area contributed by atoms with Gasteiger partial charge in [-0.2, -0.15) is 0 Å². The van der Waals surface area contributed by atoms with E-state index in [0.29, 0.717) is 6.10 Å². The van der Waals surface area contributed by atoms with Crippen LogP contribution in [0.1, 0.15) is 24.3 Å². The minimum Gasteiger partial charge on any atom is -0.497 e. The van der Waals surface area contributed by atoms with Crippen LogP contribution in [-0.4, -0.2) is 13.2 Å². The Bertz CT molecular complexity index is 340. The molecular formula is C11H12O2. The van der Waals surface area contributed by atoms with Gasteiger partial charge in [0.25, 0.3) is 0 Å². The van der Waals surface area contributed by atoms with E-state index in [1.54, 1.807) is 7.11 Å². The van der Waals surface area contributed by atoms with Gasteiger partial charge in [-0.25, -0.2) is 0 Å². The molecule has 0 unspecified atom stereocenters. The van der Waals surface area contributed by atoms with E-state index in [2.05, 4.69) is 6.07 Å².